The Hall–Kier alpha value is -4.56. The number of fused-ring (bicyclic) bond motifs is 1. The number of ether oxygens (including phenoxy) is 1. The molecule has 1 unspecified atom stereocenters. The number of pyridine rings is 1. The van der Waals surface area contributed by atoms with Gasteiger partial charge < -0.3 is 19.1 Å². The molecule has 0 aliphatic carbocycles. The second kappa shape index (κ2) is 12.8. The third-order valence-electron chi connectivity index (χ3n) is 6.54. The van der Waals surface area contributed by atoms with Crippen LogP contribution in [0.2, 0.25) is 0 Å². The highest BCUT2D eigenvalue weighted by Gasteiger charge is 2.34. The van der Waals surface area contributed by atoms with E-state index in [0.717, 1.165) is 6.07 Å². The summed E-state index contributed by atoms with van der Waals surface area (Å²) < 4.78 is 77.6. The highest BCUT2D eigenvalue weighted by molar-refractivity contribution is 7.46. The fraction of sp³-hybridized carbons (Fsp3) is 0.207. The summed E-state index contributed by atoms with van der Waals surface area (Å²) in [5.74, 6) is -1.27. The first-order valence-electron chi connectivity index (χ1n) is 13.3. The molecular formula is C29H24F4N5O6P. The van der Waals surface area contributed by atoms with Gasteiger partial charge in [0.2, 0.25) is 0 Å². The number of carbonyl (C=O) groups excluding carboxylic acids is 1. The third kappa shape index (κ3) is 7.57. The molecule has 1 aromatic heterocycles. The van der Waals surface area contributed by atoms with Crippen LogP contribution in [0.25, 0.3) is 34.0 Å². The van der Waals surface area contributed by atoms with Crippen molar-refractivity contribution in [2.75, 3.05) is 13.2 Å². The number of rotatable bonds is 10. The zero-order valence-electron chi connectivity index (χ0n) is 23.3. The zero-order chi connectivity index (χ0) is 32.4. The Bertz CT molecular complexity index is 1840. The number of imidazole rings is 1. The molecule has 45 heavy (non-hydrogen) atoms. The molecule has 0 saturated heterocycles. The molecule has 0 bridgehead atoms. The first-order valence-corrected chi connectivity index (χ1v) is 14.8. The second-order valence-corrected chi connectivity index (χ2v) is 11.1. The van der Waals surface area contributed by atoms with E-state index in [1.165, 1.54) is 72.4 Å². The molecule has 2 aromatic carbocycles. The Balaban J connectivity index is 1.48. The SMILES string of the molecule is Cc1ccc(-c2ccc(C(C(=O)OCCCOP(=O)(O)O)n3ccc4nc(-c5ccccc5F)nc-4c3)nn2)c(C(F)(F)F)c1. The molecule has 3 aromatic rings. The van der Waals surface area contributed by atoms with Crippen molar-refractivity contribution in [3.63, 3.8) is 0 Å². The number of hydrogen-bond donors (Lipinski definition) is 2. The zero-order valence-corrected chi connectivity index (χ0v) is 24.2. The molecule has 2 aliphatic heterocycles. The van der Waals surface area contributed by atoms with E-state index in [0.29, 0.717) is 17.0 Å². The minimum absolute atomic E-state index is 0.00841. The average molecular weight is 646 g/mol. The van der Waals surface area contributed by atoms with Gasteiger partial charge in [-0.15, -0.1) is 0 Å². The molecule has 0 saturated carbocycles. The van der Waals surface area contributed by atoms with Crippen molar-refractivity contribution in [1.82, 2.24) is 24.7 Å². The van der Waals surface area contributed by atoms with Crippen LogP contribution in [0.1, 0.15) is 29.3 Å². The largest absolute Gasteiger partial charge is 0.469 e. The number of phosphoric acid groups is 1. The van der Waals surface area contributed by atoms with Gasteiger partial charge in [0.25, 0.3) is 0 Å². The molecule has 2 N–H and O–H groups in total. The van der Waals surface area contributed by atoms with E-state index in [-0.39, 0.29) is 41.4 Å². The van der Waals surface area contributed by atoms with Crippen LogP contribution in [0.5, 0.6) is 0 Å². The van der Waals surface area contributed by atoms with Gasteiger partial charge in [0.1, 0.15) is 11.5 Å². The fourth-order valence-corrected chi connectivity index (χ4v) is 4.85. The molecule has 16 heteroatoms. The van der Waals surface area contributed by atoms with Gasteiger partial charge in [0.05, 0.1) is 41.4 Å². The Kier molecular flexibility index (Phi) is 9.07. The average Bonchev–Trinajstić information content (AvgIpc) is 3.40. The molecule has 1 atom stereocenters. The van der Waals surface area contributed by atoms with E-state index in [1.54, 1.807) is 6.07 Å². The number of alkyl halides is 3. The number of halogens is 4. The lowest BCUT2D eigenvalue weighted by Crippen LogP contribution is -2.25. The van der Waals surface area contributed by atoms with E-state index in [9.17, 15) is 26.9 Å². The van der Waals surface area contributed by atoms with Gasteiger partial charge in [0.15, 0.2) is 11.9 Å². The van der Waals surface area contributed by atoms with Crippen molar-refractivity contribution in [3.05, 3.63) is 95.7 Å². The number of esters is 1. The Labute approximate surface area is 253 Å². The van der Waals surface area contributed by atoms with Crippen molar-refractivity contribution in [3.8, 4) is 34.0 Å². The highest BCUT2D eigenvalue weighted by Crippen LogP contribution is 2.38. The molecule has 0 fully saturated rings. The summed E-state index contributed by atoms with van der Waals surface area (Å²) in [5, 5.41) is 8.05. The summed E-state index contributed by atoms with van der Waals surface area (Å²) in [6.07, 6.45) is -1.77. The van der Waals surface area contributed by atoms with Gasteiger partial charge in [-0.2, -0.15) is 23.4 Å². The van der Waals surface area contributed by atoms with Crippen molar-refractivity contribution in [2.45, 2.75) is 25.6 Å². The van der Waals surface area contributed by atoms with Crippen LogP contribution < -0.4 is 0 Å². The number of carbonyl (C=O) groups is 1. The summed E-state index contributed by atoms with van der Waals surface area (Å²) in [6.45, 7) is 0.859. The van der Waals surface area contributed by atoms with E-state index < -0.39 is 44.0 Å². The van der Waals surface area contributed by atoms with Crippen LogP contribution in [-0.2, 0) is 24.8 Å². The number of hydrogen-bond acceptors (Lipinski definition) is 8. The van der Waals surface area contributed by atoms with Crippen molar-refractivity contribution < 1.29 is 46.0 Å². The van der Waals surface area contributed by atoms with Crippen molar-refractivity contribution in [2.24, 2.45) is 0 Å². The lowest BCUT2D eigenvalue weighted by Gasteiger charge is -2.20. The third-order valence-corrected chi connectivity index (χ3v) is 7.06. The number of nitrogens with zero attached hydrogens (tertiary/aromatic N) is 5. The minimum atomic E-state index is -4.71. The predicted molar refractivity (Wildman–Crippen MR) is 151 cm³/mol. The number of aromatic nitrogens is 5. The van der Waals surface area contributed by atoms with Gasteiger partial charge in [-0.25, -0.2) is 23.7 Å². The van der Waals surface area contributed by atoms with Gasteiger partial charge in [-0.3, -0.25) is 4.52 Å². The fourth-order valence-electron chi connectivity index (χ4n) is 4.49. The summed E-state index contributed by atoms with van der Waals surface area (Å²) >= 11 is 0. The van der Waals surface area contributed by atoms with Crippen LogP contribution >= 0.6 is 7.82 Å². The minimum Gasteiger partial charge on any atom is -0.464 e. The molecular weight excluding hydrogens is 621 g/mol. The van der Waals surface area contributed by atoms with E-state index in [4.69, 9.17) is 14.5 Å². The first-order chi connectivity index (χ1) is 21.3. The Morgan fingerprint density at radius 3 is 2.40 bits per heavy atom. The van der Waals surface area contributed by atoms with Crippen LogP contribution in [0.15, 0.2) is 73.1 Å². The number of aryl methyl sites for hydroxylation is 1. The van der Waals surface area contributed by atoms with E-state index in [2.05, 4.69) is 24.7 Å². The molecule has 234 valence electrons. The van der Waals surface area contributed by atoms with Gasteiger partial charge >= 0.3 is 20.0 Å². The van der Waals surface area contributed by atoms with Crippen molar-refractivity contribution >= 4 is 13.8 Å². The summed E-state index contributed by atoms with van der Waals surface area (Å²) in [4.78, 5) is 39.8. The van der Waals surface area contributed by atoms with Crippen LogP contribution in [0, 0.1) is 12.7 Å². The quantitative estimate of drug-likeness (QED) is 0.0850. The maximum atomic E-state index is 14.4. The van der Waals surface area contributed by atoms with Gasteiger partial charge in [-0.05, 0) is 43.3 Å². The Morgan fingerprint density at radius 1 is 0.956 bits per heavy atom. The molecule has 0 spiro atoms. The maximum absolute atomic E-state index is 14.4. The van der Waals surface area contributed by atoms with Crippen molar-refractivity contribution in [1.29, 1.82) is 0 Å². The number of benzene rings is 2. The topological polar surface area (TPSA) is 150 Å². The normalized spacial score (nSPS) is 12.8. The standard InChI is InChI=1S/C29H24F4N5O6P/c1-17-7-8-18(20(15-17)29(31,32)33)22-9-10-24(37-36-22)26(28(39)43-13-4-14-44-45(40,41)42)38-12-11-23-25(16-38)35-27(34-23)19-5-2-3-6-21(19)30/h2-3,5-12,15-16,26H,4,13-14H2,1H3,(H2,40,41,42). The lowest BCUT2D eigenvalue weighted by atomic mass is 10.0. The summed E-state index contributed by atoms with van der Waals surface area (Å²) in [7, 11) is -4.71. The monoisotopic (exact) mass is 645 g/mol. The predicted octanol–water partition coefficient (Wildman–Crippen LogP) is 5.61. The summed E-state index contributed by atoms with van der Waals surface area (Å²) in [5.41, 5.74) is 0.110. The molecule has 5 rings (SSSR count). The molecule has 11 nitrogen and oxygen atoms in total. The van der Waals surface area contributed by atoms with Gasteiger partial charge in [-0.1, -0.05) is 29.8 Å². The van der Waals surface area contributed by atoms with E-state index >= 15 is 0 Å². The first kappa shape index (κ1) is 31.9. The number of phosphoric ester groups is 1. The Morgan fingerprint density at radius 2 is 1.71 bits per heavy atom. The summed E-state index contributed by atoms with van der Waals surface area (Å²) in [6, 6.07) is 12.6. The molecule has 3 heterocycles. The highest BCUT2D eigenvalue weighted by atomic mass is 31.2. The molecule has 0 amide bonds. The van der Waals surface area contributed by atoms with Crippen LogP contribution in [0.3, 0.4) is 0 Å². The maximum Gasteiger partial charge on any atom is 0.469 e. The molecule has 0 radical (unpaired) electrons. The van der Waals surface area contributed by atoms with Crippen LogP contribution in [-0.4, -0.2) is 53.7 Å². The smallest absolute Gasteiger partial charge is 0.464 e. The van der Waals surface area contributed by atoms with E-state index in [1.807, 2.05) is 0 Å². The molecule has 2 aliphatic rings. The van der Waals surface area contributed by atoms with Gasteiger partial charge in [0, 0.05) is 24.4 Å². The van der Waals surface area contributed by atoms with Crippen LogP contribution in [0.4, 0.5) is 17.6 Å². The lowest BCUT2D eigenvalue weighted by molar-refractivity contribution is -0.146. The second-order valence-electron chi connectivity index (χ2n) is 9.83.